The zero-order chi connectivity index (χ0) is 80.0. The summed E-state index contributed by atoms with van der Waals surface area (Å²) in [5, 5.41) is 5.57. The molecule has 8 rings (SSSR count). The lowest BCUT2D eigenvalue weighted by atomic mass is 10.1. The third-order valence-corrected chi connectivity index (χ3v) is 12.2. The Labute approximate surface area is 606 Å². The van der Waals surface area contributed by atoms with Crippen LogP contribution in [0.1, 0.15) is 81.6 Å². The van der Waals surface area contributed by atoms with Gasteiger partial charge >= 0.3 is 0 Å². The fraction of sp³-hybridized carbons (Fsp3) is 0.439. The monoisotopic (exact) mass is 1480 g/mol. The highest BCUT2D eigenvalue weighted by Gasteiger charge is 2.16. The average Bonchev–Trinajstić information content (AvgIpc) is 0.730. The fourth-order valence-electron chi connectivity index (χ4n) is 6.63. The molecule has 48 heteroatoms. The predicted octanol–water partition coefficient (Wildman–Crippen LogP) is 0.193. The second-order valence-electron chi connectivity index (χ2n) is 21.6. The Morgan fingerprint density at radius 1 is 0.286 bits per heavy atom. The van der Waals surface area contributed by atoms with Crippen molar-refractivity contribution in [3.8, 4) is 47.0 Å². The number of nitrogens with zero attached hydrogens (tertiary/aromatic N) is 16. The quantitative estimate of drug-likeness (QED) is 0.0431. The molecule has 0 aromatic carbocycles. The van der Waals surface area contributed by atoms with Gasteiger partial charge in [-0.05, 0) is 44.4 Å². The van der Waals surface area contributed by atoms with E-state index in [0.29, 0.717) is 86.3 Å². The Morgan fingerprint density at radius 3 is 0.810 bits per heavy atom. The molecule has 8 heterocycles. The van der Waals surface area contributed by atoms with E-state index in [4.69, 9.17) is 164 Å². The molecule has 0 aliphatic rings. The lowest BCUT2D eigenvalue weighted by Crippen LogP contribution is -2.12. The number of nitrogen functional groups attached to an aromatic ring is 22. The first-order chi connectivity index (χ1) is 49.4. The second kappa shape index (κ2) is 45.1. The normalized spacial score (nSPS) is 10.3. The molecular formula is C57H106N40O8. The summed E-state index contributed by atoms with van der Waals surface area (Å²) in [6.07, 6.45) is 2.81. The Bertz CT molecular complexity index is 3930. The van der Waals surface area contributed by atoms with E-state index in [2.05, 4.69) is 118 Å². The summed E-state index contributed by atoms with van der Waals surface area (Å²) in [7, 11) is 6.29. The van der Waals surface area contributed by atoms with Crippen LogP contribution in [0.2, 0.25) is 0 Å². The Balaban J connectivity index is 0.000000601. The minimum Gasteiger partial charge on any atom is -0.479 e. The molecule has 0 saturated carbocycles. The first-order valence-corrected chi connectivity index (χ1v) is 31.5. The van der Waals surface area contributed by atoms with E-state index in [1.807, 2.05) is 34.6 Å². The van der Waals surface area contributed by atoms with Crippen molar-refractivity contribution in [3.63, 3.8) is 0 Å². The highest BCUT2D eigenvalue weighted by Crippen LogP contribution is 2.31. The summed E-state index contributed by atoms with van der Waals surface area (Å²) < 4.78 is 41.2. The minimum atomic E-state index is 0.0496. The molecule has 0 spiro atoms. The zero-order valence-corrected chi connectivity index (χ0v) is 61.2. The highest BCUT2D eigenvalue weighted by molar-refractivity contribution is 5.71. The zero-order valence-electron chi connectivity index (χ0n) is 61.2. The largest absolute Gasteiger partial charge is 0.479 e. The number of nitrogens with two attached hydrogens (primary N) is 22. The van der Waals surface area contributed by atoms with E-state index in [1.54, 1.807) is 14.1 Å². The van der Waals surface area contributed by atoms with Gasteiger partial charge in [0.15, 0.2) is 46.5 Å². The summed E-state index contributed by atoms with van der Waals surface area (Å²) in [5.41, 5.74) is 123. The third-order valence-electron chi connectivity index (χ3n) is 12.2. The number of hydrogen-bond acceptors (Lipinski definition) is 48. The van der Waals surface area contributed by atoms with Crippen LogP contribution in [0.25, 0.3) is 0 Å². The van der Waals surface area contributed by atoms with Crippen LogP contribution in [0.5, 0.6) is 47.0 Å². The molecule has 8 aromatic heterocycles. The van der Waals surface area contributed by atoms with Crippen LogP contribution in [0.3, 0.4) is 0 Å². The van der Waals surface area contributed by atoms with Crippen molar-refractivity contribution >= 4 is 140 Å². The van der Waals surface area contributed by atoms with Gasteiger partial charge in [0.05, 0.1) is 53.9 Å². The van der Waals surface area contributed by atoms with Gasteiger partial charge < -0.3 is 175 Å². The van der Waals surface area contributed by atoms with E-state index in [1.165, 1.54) is 14.2 Å². The minimum absolute atomic E-state index is 0.0496. The van der Waals surface area contributed by atoms with Gasteiger partial charge in [0.25, 0.3) is 0 Å². The molecule has 0 bridgehead atoms. The van der Waals surface area contributed by atoms with Gasteiger partial charge in [-0.3, -0.25) is 0 Å². The first-order valence-electron chi connectivity index (χ1n) is 31.5. The van der Waals surface area contributed by atoms with Gasteiger partial charge in [-0.1, -0.05) is 54.9 Å². The van der Waals surface area contributed by atoms with E-state index in [9.17, 15) is 0 Å². The summed E-state index contributed by atoms with van der Waals surface area (Å²) in [6.45, 7) is 21.1. The maximum Gasteiger partial charge on any atom is 0.244 e. The number of anilines is 24. The maximum atomic E-state index is 5.68. The van der Waals surface area contributed by atoms with Crippen LogP contribution in [-0.4, -0.2) is 148 Å². The lowest BCUT2D eigenvalue weighted by molar-refractivity contribution is 0.249. The first kappa shape index (κ1) is 89.3. The highest BCUT2D eigenvalue weighted by atomic mass is 16.5. The average molecular weight is 1480 g/mol. The van der Waals surface area contributed by atoms with Gasteiger partial charge in [-0.15, -0.1) is 0 Å². The third kappa shape index (κ3) is 31.1. The van der Waals surface area contributed by atoms with Crippen molar-refractivity contribution in [1.29, 1.82) is 0 Å². The van der Waals surface area contributed by atoms with Gasteiger partial charge in [0.2, 0.25) is 94.6 Å². The van der Waals surface area contributed by atoms with Crippen molar-refractivity contribution in [2.45, 2.75) is 81.6 Å². The standard InChI is InChI=1S/2C9H17N5O.C8H15N5O.2C7H13N5O.2C6H11N5O.C5H9N5O/c1-5(2)3-4-15-8-6(10)7(11)13-9(12)14-8;1-3-5(2)4-15-8-6(10)7(11)13-9(12)14-8;1-4(2)3-14-7-5(9)6(10)12-8(11)13-7;1-3-13-6-4(8)5(10-2)11-7(9)12-6;1-2-3-13-6-4(8)5(9)11-7(10)12-6;1-9-4-3(7)5(12-2)11-6(8)10-4;1-2-12-5-3(7)4(8)10-6(9)11-5;1-11-4-2(6)3(7)9-5(8)10-4/h2*5H,3-4,10H2,1-2H3,(H4,11,12,13,14);4H,3,9H2,1-2H3,(H4,10,11,12,13);3,8H2,1-2H3,(H3,9,10,11,12);2-3,8H2,1H3,(H4,9,10,11,12);7H2,1-2H3,(H3,8,9,10,11);2,7H2,1H3,(H4,8,9,10,11);6H2,1H3,(H4,7,8,9,10). The predicted molar refractivity (Wildman–Crippen MR) is 414 cm³/mol. The van der Waals surface area contributed by atoms with Crippen molar-refractivity contribution in [2.75, 3.05) is 205 Å². The number of nitrogens with one attached hydrogen (secondary N) is 2. The Kier molecular flexibility index (Phi) is 38.3. The molecule has 0 radical (unpaired) electrons. The van der Waals surface area contributed by atoms with Gasteiger partial charge in [-0.25, -0.2) is 0 Å². The van der Waals surface area contributed by atoms with Crippen LogP contribution in [0.15, 0.2) is 0 Å². The molecule has 1 atom stereocenters. The molecule has 0 saturated heterocycles. The molecule has 582 valence electrons. The smallest absolute Gasteiger partial charge is 0.244 e. The molecule has 0 aliphatic carbocycles. The van der Waals surface area contributed by atoms with E-state index >= 15 is 0 Å². The van der Waals surface area contributed by atoms with Crippen LogP contribution in [0, 0.1) is 17.8 Å². The van der Waals surface area contributed by atoms with E-state index in [-0.39, 0.29) is 158 Å². The maximum absolute atomic E-state index is 5.68. The van der Waals surface area contributed by atoms with Crippen molar-refractivity contribution in [1.82, 2.24) is 79.7 Å². The molecule has 0 amide bonds. The molecule has 0 fully saturated rings. The number of rotatable bonds is 22. The van der Waals surface area contributed by atoms with E-state index in [0.717, 1.165) is 19.3 Å². The van der Waals surface area contributed by atoms with Crippen molar-refractivity contribution in [2.24, 2.45) is 17.8 Å². The fourth-order valence-corrected chi connectivity index (χ4v) is 6.63. The van der Waals surface area contributed by atoms with Gasteiger partial charge in [0.1, 0.15) is 45.5 Å². The summed E-state index contributed by atoms with van der Waals surface area (Å²) in [6, 6.07) is 0. The SMILES string of the molecule is CC(C)CCOc1nc(N)nc(N)c1N.CC(C)COc1nc(N)nc(N)c1N.CCC(C)COc1nc(N)nc(N)c1N.CCCOc1nc(N)nc(N)c1N.CCOc1nc(N)nc(N)c1N.CCOc1nc(N)nc(NC)c1N.CNc1nc(N)nc(OC)c1N.COc1nc(N)nc(N)c1N. The molecule has 105 heavy (non-hydrogen) atoms. The number of ether oxygens (including phenoxy) is 8. The number of hydrogen-bond donors (Lipinski definition) is 24. The van der Waals surface area contributed by atoms with Crippen LogP contribution >= 0.6 is 0 Å². The van der Waals surface area contributed by atoms with Crippen molar-refractivity contribution in [3.05, 3.63) is 0 Å². The molecular weight excluding hydrogens is 1370 g/mol. The summed E-state index contributed by atoms with van der Waals surface area (Å²) in [4.78, 5) is 60.3. The second-order valence-corrected chi connectivity index (χ2v) is 21.6. The van der Waals surface area contributed by atoms with Gasteiger partial charge in [0, 0.05) is 14.1 Å². The lowest BCUT2D eigenvalue weighted by Gasteiger charge is -2.12. The molecule has 46 N–H and O–H groups in total. The summed E-state index contributed by atoms with van der Waals surface area (Å²) >= 11 is 0. The van der Waals surface area contributed by atoms with Crippen LogP contribution in [0.4, 0.5) is 140 Å². The molecule has 8 aromatic rings. The van der Waals surface area contributed by atoms with Crippen LogP contribution < -0.4 is 175 Å². The van der Waals surface area contributed by atoms with Gasteiger partial charge in [-0.2, -0.15) is 79.7 Å². The Morgan fingerprint density at radius 2 is 0.533 bits per heavy atom. The summed E-state index contributed by atoms with van der Waals surface area (Å²) in [5.74, 6) is 5.95. The molecule has 1 unspecified atom stereocenters. The van der Waals surface area contributed by atoms with E-state index < -0.39 is 0 Å². The topological polar surface area (TPSA) is 877 Å². The molecule has 0 aliphatic heterocycles. The number of methoxy groups -OCH3 is 2. The number of aromatic nitrogens is 16. The van der Waals surface area contributed by atoms with Crippen molar-refractivity contribution < 1.29 is 37.9 Å². The molecule has 48 nitrogen and oxygen atoms in total. The Hall–Kier alpha value is -13.8. The van der Waals surface area contributed by atoms with Crippen LogP contribution in [-0.2, 0) is 0 Å².